The molecule has 0 saturated carbocycles. The number of amides is 1. The summed E-state index contributed by atoms with van der Waals surface area (Å²) >= 11 is 0. The van der Waals surface area contributed by atoms with E-state index in [1.54, 1.807) is 16.7 Å². The molecule has 0 saturated heterocycles. The number of nitrogens with zero attached hydrogens (tertiary/aromatic N) is 5. The molecule has 2 aromatic heterocycles. The molecular formula is C17H17FN6O2. The Morgan fingerprint density at radius 3 is 2.73 bits per heavy atom. The number of hydrogen-bond donors (Lipinski definition) is 1. The molecule has 0 aliphatic heterocycles. The van der Waals surface area contributed by atoms with E-state index in [1.165, 1.54) is 38.1 Å². The van der Waals surface area contributed by atoms with Crippen LogP contribution in [-0.4, -0.2) is 46.6 Å². The van der Waals surface area contributed by atoms with Crippen LogP contribution in [0.5, 0.6) is 5.75 Å². The number of carbonyl (C=O) groups is 1. The Morgan fingerprint density at radius 1 is 1.23 bits per heavy atom. The van der Waals surface area contributed by atoms with E-state index in [1.807, 2.05) is 19.0 Å². The second-order valence-corrected chi connectivity index (χ2v) is 5.60. The molecule has 2 heterocycles. The lowest BCUT2D eigenvalue weighted by Gasteiger charge is -2.11. The number of imidazole rings is 1. The molecule has 0 radical (unpaired) electrons. The van der Waals surface area contributed by atoms with E-state index in [4.69, 9.17) is 4.74 Å². The van der Waals surface area contributed by atoms with E-state index in [2.05, 4.69) is 20.3 Å². The summed E-state index contributed by atoms with van der Waals surface area (Å²) in [7, 11) is 5.11. The van der Waals surface area contributed by atoms with E-state index >= 15 is 0 Å². The smallest absolute Gasteiger partial charge is 0.275 e. The van der Waals surface area contributed by atoms with Crippen LogP contribution in [0.25, 0.3) is 5.82 Å². The second-order valence-electron chi connectivity index (χ2n) is 5.60. The van der Waals surface area contributed by atoms with Gasteiger partial charge < -0.3 is 15.0 Å². The third kappa shape index (κ3) is 3.61. The number of hydrogen-bond acceptors (Lipinski definition) is 6. The number of nitrogens with one attached hydrogen (secondary N) is 1. The highest BCUT2D eigenvalue weighted by Crippen LogP contribution is 2.21. The molecule has 0 atom stereocenters. The van der Waals surface area contributed by atoms with E-state index in [-0.39, 0.29) is 11.4 Å². The van der Waals surface area contributed by atoms with Crippen LogP contribution < -0.4 is 15.0 Å². The average Bonchev–Trinajstić information content (AvgIpc) is 3.12. The minimum Gasteiger partial charge on any atom is -0.494 e. The lowest BCUT2D eigenvalue weighted by atomic mass is 10.3. The number of rotatable bonds is 5. The molecule has 3 rings (SSSR count). The molecule has 0 unspecified atom stereocenters. The molecule has 0 aliphatic rings. The summed E-state index contributed by atoms with van der Waals surface area (Å²) in [5.74, 6) is 0.380. The van der Waals surface area contributed by atoms with Crippen LogP contribution in [0.4, 0.5) is 15.9 Å². The normalized spacial score (nSPS) is 10.5. The number of aromatic nitrogens is 4. The Balaban J connectivity index is 1.78. The van der Waals surface area contributed by atoms with Crippen LogP contribution >= 0.6 is 0 Å². The minimum absolute atomic E-state index is 0.104. The Morgan fingerprint density at radius 2 is 2.04 bits per heavy atom. The van der Waals surface area contributed by atoms with Crippen molar-refractivity contribution < 1.29 is 13.9 Å². The maximum Gasteiger partial charge on any atom is 0.275 e. The van der Waals surface area contributed by atoms with Gasteiger partial charge >= 0.3 is 0 Å². The Bertz CT molecular complexity index is 941. The number of ether oxygens (including phenoxy) is 1. The summed E-state index contributed by atoms with van der Waals surface area (Å²) < 4.78 is 20.2. The molecule has 3 aromatic rings. The van der Waals surface area contributed by atoms with Crippen LogP contribution in [0.15, 0.2) is 43.1 Å². The highest BCUT2D eigenvalue weighted by Gasteiger charge is 2.13. The number of carbonyl (C=O) groups excluding carboxylic acids is 1. The van der Waals surface area contributed by atoms with Crippen LogP contribution in [0.3, 0.4) is 0 Å². The maximum atomic E-state index is 13.7. The van der Waals surface area contributed by atoms with E-state index in [0.29, 0.717) is 11.5 Å². The van der Waals surface area contributed by atoms with Gasteiger partial charge in [-0.05, 0) is 12.1 Å². The molecule has 0 aliphatic carbocycles. The zero-order chi connectivity index (χ0) is 18.7. The standard InChI is InChI=1S/C17H17FN6O2/c1-23(2)15-7-16(20-9-19-15)24-8-13(21-10-24)17(25)22-11-4-5-14(26-3)12(18)6-11/h4-10H,1-3H3,(H,22,25). The monoisotopic (exact) mass is 356 g/mol. The van der Waals surface area contributed by atoms with E-state index in [9.17, 15) is 9.18 Å². The van der Waals surface area contributed by atoms with Crippen molar-refractivity contribution >= 4 is 17.4 Å². The predicted molar refractivity (Wildman–Crippen MR) is 94.4 cm³/mol. The van der Waals surface area contributed by atoms with Crippen molar-refractivity contribution in [2.75, 3.05) is 31.4 Å². The first-order chi connectivity index (χ1) is 12.5. The van der Waals surface area contributed by atoms with Crippen LogP contribution in [0.2, 0.25) is 0 Å². The summed E-state index contributed by atoms with van der Waals surface area (Å²) in [5.41, 5.74) is 0.478. The fourth-order valence-electron chi connectivity index (χ4n) is 2.23. The van der Waals surface area contributed by atoms with Crippen molar-refractivity contribution in [2.45, 2.75) is 0 Å². The van der Waals surface area contributed by atoms with Gasteiger partial charge in [-0.2, -0.15) is 0 Å². The largest absolute Gasteiger partial charge is 0.494 e. The third-order valence-corrected chi connectivity index (χ3v) is 3.59. The number of benzene rings is 1. The molecular weight excluding hydrogens is 339 g/mol. The van der Waals surface area contributed by atoms with Gasteiger partial charge in [0.15, 0.2) is 11.6 Å². The van der Waals surface area contributed by atoms with Gasteiger partial charge in [0.2, 0.25) is 0 Å². The van der Waals surface area contributed by atoms with Gasteiger partial charge in [0.25, 0.3) is 5.91 Å². The molecule has 9 heteroatoms. The Labute approximate surface area is 149 Å². The lowest BCUT2D eigenvalue weighted by molar-refractivity contribution is 0.102. The maximum absolute atomic E-state index is 13.7. The molecule has 0 fully saturated rings. The number of halogens is 1. The minimum atomic E-state index is -0.562. The second kappa shape index (κ2) is 7.18. The first-order valence-corrected chi connectivity index (χ1v) is 7.66. The molecule has 1 amide bonds. The van der Waals surface area contributed by atoms with Gasteiger partial charge in [0.1, 0.15) is 30.0 Å². The van der Waals surface area contributed by atoms with Crippen molar-refractivity contribution in [3.8, 4) is 11.6 Å². The van der Waals surface area contributed by atoms with Gasteiger partial charge in [0, 0.05) is 38.1 Å². The summed E-state index contributed by atoms with van der Waals surface area (Å²) in [5, 5.41) is 2.59. The van der Waals surface area contributed by atoms with Gasteiger partial charge in [-0.1, -0.05) is 0 Å². The molecule has 26 heavy (non-hydrogen) atoms. The third-order valence-electron chi connectivity index (χ3n) is 3.59. The van der Waals surface area contributed by atoms with Crippen LogP contribution in [0, 0.1) is 5.82 Å². The Hall–Kier alpha value is -3.49. The van der Waals surface area contributed by atoms with Crippen LogP contribution in [0.1, 0.15) is 10.5 Å². The molecule has 134 valence electrons. The van der Waals surface area contributed by atoms with E-state index in [0.717, 1.165) is 5.82 Å². The molecule has 0 bridgehead atoms. The first-order valence-electron chi connectivity index (χ1n) is 7.66. The van der Waals surface area contributed by atoms with Gasteiger partial charge in [-0.15, -0.1) is 0 Å². The number of anilines is 2. The van der Waals surface area contributed by atoms with Crippen molar-refractivity contribution in [3.63, 3.8) is 0 Å². The summed E-state index contributed by atoms with van der Waals surface area (Å²) in [6.07, 6.45) is 4.45. The van der Waals surface area contributed by atoms with Crippen molar-refractivity contribution in [1.82, 2.24) is 19.5 Å². The fourth-order valence-corrected chi connectivity index (χ4v) is 2.23. The summed E-state index contributed by atoms with van der Waals surface area (Å²) in [6.45, 7) is 0. The quantitative estimate of drug-likeness (QED) is 0.754. The fraction of sp³-hybridized carbons (Fsp3) is 0.176. The van der Waals surface area contributed by atoms with Crippen molar-refractivity contribution in [1.29, 1.82) is 0 Å². The molecule has 1 aromatic carbocycles. The average molecular weight is 356 g/mol. The SMILES string of the molecule is COc1ccc(NC(=O)c2cn(-c3cc(N(C)C)ncn3)cn2)cc1F. The lowest BCUT2D eigenvalue weighted by Crippen LogP contribution is -2.13. The van der Waals surface area contributed by atoms with Gasteiger partial charge in [-0.25, -0.2) is 19.3 Å². The topological polar surface area (TPSA) is 85.2 Å². The highest BCUT2D eigenvalue weighted by molar-refractivity contribution is 6.02. The van der Waals surface area contributed by atoms with Crippen LogP contribution in [-0.2, 0) is 0 Å². The Kier molecular flexibility index (Phi) is 4.78. The predicted octanol–water partition coefficient (Wildman–Crippen LogP) is 2.13. The highest BCUT2D eigenvalue weighted by atomic mass is 19.1. The zero-order valence-electron chi connectivity index (χ0n) is 14.5. The molecule has 8 nitrogen and oxygen atoms in total. The van der Waals surface area contributed by atoms with Gasteiger partial charge in [-0.3, -0.25) is 9.36 Å². The summed E-state index contributed by atoms with van der Waals surface area (Å²) in [6, 6.07) is 5.93. The summed E-state index contributed by atoms with van der Waals surface area (Å²) in [4.78, 5) is 26.5. The zero-order valence-corrected chi connectivity index (χ0v) is 14.5. The van der Waals surface area contributed by atoms with E-state index < -0.39 is 11.7 Å². The van der Waals surface area contributed by atoms with Crippen molar-refractivity contribution in [3.05, 3.63) is 54.6 Å². The molecule has 1 N–H and O–H groups in total. The first kappa shape index (κ1) is 17.3. The molecule has 0 spiro atoms. The number of methoxy groups -OCH3 is 1. The van der Waals surface area contributed by atoms with Gasteiger partial charge in [0.05, 0.1) is 7.11 Å². The van der Waals surface area contributed by atoms with Crippen molar-refractivity contribution in [2.24, 2.45) is 0 Å².